The van der Waals surface area contributed by atoms with Crippen molar-refractivity contribution >= 4 is 33.2 Å². The van der Waals surface area contributed by atoms with Gasteiger partial charge in [0, 0.05) is 12.6 Å². The van der Waals surface area contributed by atoms with Crippen LogP contribution >= 0.6 is 11.6 Å². The molecule has 3 aromatic rings. The minimum absolute atomic E-state index is 0.0209. The lowest BCUT2D eigenvalue weighted by Crippen LogP contribution is -2.48. The third-order valence-electron chi connectivity index (χ3n) is 4.41. The van der Waals surface area contributed by atoms with Crippen LogP contribution in [0.2, 0.25) is 5.02 Å². The van der Waals surface area contributed by atoms with E-state index in [-0.39, 0.29) is 12.4 Å². The van der Waals surface area contributed by atoms with Gasteiger partial charge in [0.15, 0.2) is 0 Å². The molecule has 0 saturated heterocycles. The maximum absolute atomic E-state index is 12.9. The summed E-state index contributed by atoms with van der Waals surface area (Å²) in [7, 11) is -2.14. The number of aromatic nitrogens is 2. The van der Waals surface area contributed by atoms with Crippen molar-refractivity contribution in [2.75, 3.05) is 17.6 Å². The zero-order chi connectivity index (χ0) is 21.9. The molecule has 0 N–H and O–H groups in total. The lowest BCUT2D eigenvalue weighted by atomic mass is 10.2. The molecule has 2 aromatic carbocycles. The van der Waals surface area contributed by atoms with Gasteiger partial charge in [0.25, 0.3) is 0 Å². The number of nitrogens with zero attached hydrogens (tertiary/aromatic N) is 4. The summed E-state index contributed by atoms with van der Waals surface area (Å²) < 4.78 is 31.0. The Morgan fingerprint density at radius 3 is 2.40 bits per heavy atom. The summed E-state index contributed by atoms with van der Waals surface area (Å²) in [6.07, 6.45) is 1.07. The van der Waals surface area contributed by atoms with E-state index in [1.165, 1.54) is 11.8 Å². The third-order valence-corrected chi connectivity index (χ3v) is 5.98. The first-order valence-electron chi connectivity index (χ1n) is 9.05. The molecular weight excluding hydrogens is 428 g/mol. The van der Waals surface area contributed by atoms with Gasteiger partial charge in [-0.3, -0.25) is 9.10 Å². The highest BCUT2D eigenvalue weighted by Gasteiger charge is 2.31. The number of anilines is 1. The lowest BCUT2D eigenvalue weighted by molar-refractivity contribution is -0.131. The summed E-state index contributed by atoms with van der Waals surface area (Å²) >= 11 is 6.15. The first-order chi connectivity index (χ1) is 14.2. The number of amides is 1. The Hall–Kier alpha value is -2.91. The molecule has 0 bridgehead atoms. The molecule has 3 rings (SSSR count). The average molecular weight is 449 g/mol. The van der Waals surface area contributed by atoms with Gasteiger partial charge in [-0.1, -0.05) is 47.1 Å². The van der Waals surface area contributed by atoms with E-state index in [1.54, 1.807) is 61.6 Å². The van der Waals surface area contributed by atoms with Gasteiger partial charge in [-0.2, -0.15) is 4.98 Å². The van der Waals surface area contributed by atoms with Gasteiger partial charge in [0.2, 0.25) is 27.6 Å². The average Bonchev–Trinajstić information content (AvgIpc) is 3.15. The number of rotatable bonds is 7. The van der Waals surface area contributed by atoms with Crippen molar-refractivity contribution in [2.45, 2.75) is 19.5 Å². The summed E-state index contributed by atoms with van der Waals surface area (Å²) in [6, 6.07) is 14.6. The number of halogens is 1. The van der Waals surface area contributed by atoms with E-state index < -0.39 is 22.0 Å². The summed E-state index contributed by atoms with van der Waals surface area (Å²) in [5.41, 5.74) is 1.02. The van der Waals surface area contributed by atoms with Gasteiger partial charge in [-0.05, 0) is 31.2 Å². The molecule has 1 aromatic heterocycles. The Balaban J connectivity index is 1.77. The molecule has 1 unspecified atom stereocenters. The van der Waals surface area contributed by atoms with Gasteiger partial charge < -0.3 is 9.42 Å². The maximum atomic E-state index is 12.9. The number of benzene rings is 2. The van der Waals surface area contributed by atoms with Crippen LogP contribution in [0.25, 0.3) is 11.4 Å². The summed E-state index contributed by atoms with van der Waals surface area (Å²) in [5, 5.41) is 4.39. The Morgan fingerprint density at radius 2 is 1.77 bits per heavy atom. The minimum atomic E-state index is -3.69. The van der Waals surface area contributed by atoms with E-state index in [0.29, 0.717) is 22.1 Å². The molecule has 0 aliphatic rings. The van der Waals surface area contributed by atoms with Crippen LogP contribution in [0.3, 0.4) is 0 Å². The molecule has 1 amide bonds. The second-order valence-corrected chi connectivity index (χ2v) is 9.02. The first-order valence-corrected chi connectivity index (χ1v) is 11.3. The summed E-state index contributed by atoms with van der Waals surface area (Å²) in [4.78, 5) is 18.6. The summed E-state index contributed by atoms with van der Waals surface area (Å²) in [5.74, 6) is 0.104. The number of hydrogen-bond acceptors (Lipinski definition) is 6. The van der Waals surface area contributed by atoms with E-state index in [1.807, 2.05) is 0 Å². The second kappa shape index (κ2) is 8.85. The number of para-hydroxylation sites is 1. The highest BCUT2D eigenvalue weighted by molar-refractivity contribution is 7.92. The number of sulfonamides is 1. The Kier molecular flexibility index (Phi) is 6.42. The fourth-order valence-corrected chi connectivity index (χ4v) is 4.44. The van der Waals surface area contributed by atoms with Crippen LogP contribution in [0.5, 0.6) is 0 Å². The normalized spacial score (nSPS) is 12.4. The number of hydrogen-bond donors (Lipinski definition) is 0. The van der Waals surface area contributed by atoms with Crippen LogP contribution in [0.1, 0.15) is 12.8 Å². The van der Waals surface area contributed by atoms with E-state index >= 15 is 0 Å². The molecule has 0 radical (unpaired) electrons. The van der Waals surface area contributed by atoms with Crippen molar-refractivity contribution in [3.63, 3.8) is 0 Å². The zero-order valence-electron chi connectivity index (χ0n) is 16.7. The molecule has 0 aliphatic heterocycles. The predicted molar refractivity (Wildman–Crippen MR) is 114 cm³/mol. The largest absolute Gasteiger partial charge is 0.337 e. The molecule has 8 nitrogen and oxygen atoms in total. The zero-order valence-corrected chi connectivity index (χ0v) is 18.3. The van der Waals surface area contributed by atoms with E-state index in [4.69, 9.17) is 16.1 Å². The van der Waals surface area contributed by atoms with Crippen molar-refractivity contribution in [2.24, 2.45) is 0 Å². The molecule has 0 spiro atoms. The fourth-order valence-electron chi connectivity index (χ4n) is 3.05. The Labute approximate surface area is 180 Å². The van der Waals surface area contributed by atoms with E-state index in [0.717, 1.165) is 10.6 Å². The molecule has 10 heteroatoms. The molecule has 1 heterocycles. The maximum Gasteiger partial charge on any atom is 0.246 e. The minimum Gasteiger partial charge on any atom is -0.337 e. The molecule has 1 atom stereocenters. The topological polar surface area (TPSA) is 96.6 Å². The molecular formula is C20H21ClN4O4S. The van der Waals surface area contributed by atoms with Crippen molar-refractivity contribution in [3.8, 4) is 11.4 Å². The van der Waals surface area contributed by atoms with Crippen molar-refractivity contribution in [1.29, 1.82) is 0 Å². The Morgan fingerprint density at radius 1 is 1.13 bits per heavy atom. The Bertz CT molecular complexity index is 1130. The van der Waals surface area contributed by atoms with Crippen LogP contribution in [0.4, 0.5) is 5.69 Å². The third kappa shape index (κ3) is 4.80. The van der Waals surface area contributed by atoms with Gasteiger partial charge in [0.05, 0.1) is 23.5 Å². The lowest BCUT2D eigenvalue weighted by Gasteiger charge is -2.30. The standard InChI is InChI=1S/C20H21ClN4O4S/c1-14(25(30(3,27)28)15-9-5-4-6-10-15)20(26)24(2)13-18-22-19(23-29-18)16-11-7-8-12-17(16)21/h4-12,14H,13H2,1-3H3. The number of carbonyl (C=O) groups is 1. The van der Waals surface area contributed by atoms with Crippen LogP contribution in [0.15, 0.2) is 59.1 Å². The van der Waals surface area contributed by atoms with Crippen LogP contribution in [0, 0.1) is 0 Å². The van der Waals surface area contributed by atoms with E-state index in [9.17, 15) is 13.2 Å². The predicted octanol–water partition coefficient (Wildman–Crippen LogP) is 3.20. The van der Waals surface area contributed by atoms with Crippen molar-refractivity contribution in [1.82, 2.24) is 15.0 Å². The molecule has 158 valence electrons. The quantitative estimate of drug-likeness (QED) is 0.550. The van der Waals surface area contributed by atoms with Crippen LogP contribution in [-0.4, -0.2) is 48.7 Å². The van der Waals surface area contributed by atoms with Gasteiger partial charge in [-0.25, -0.2) is 8.42 Å². The molecule has 0 aliphatic carbocycles. The molecule has 0 fully saturated rings. The second-order valence-electron chi connectivity index (χ2n) is 6.76. The fraction of sp³-hybridized carbons (Fsp3) is 0.250. The van der Waals surface area contributed by atoms with Crippen molar-refractivity contribution < 1.29 is 17.7 Å². The van der Waals surface area contributed by atoms with Crippen LogP contribution < -0.4 is 4.31 Å². The van der Waals surface area contributed by atoms with Crippen molar-refractivity contribution in [3.05, 3.63) is 65.5 Å². The number of carbonyl (C=O) groups excluding carboxylic acids is 1. The first kappa shape index (κ1) is 21.8. The van der Waals surface area contributed by atoms with Gasteiger partial charge >= 0.3 is 0 Å². The molecule has 30 heavy (non-hydrogen) atoms. The smallest absolute Gasteiger partial charge is 0.246 e. The summed E-state index contributed by atoms with van der Waals surface area (Å²) in [6.45, 7) is 1.56. The van der Waals surface area contributed by atoms with Gasteiger partial charge in [-0.15, -0.1) is 0 Å². The van der Waals surface area contributed by atoms with Gasteiger partial charge in [0.1, 0.15) is 6.04 Å². The highest BCUT2D eigenvalue weighted by atomic mass is 35.5. The highest BCUT2D eigenvalue weighted by Crippen LogP contribution is 2.25. The monoisotopic (exact) mass is 448 g/mol. The SMILES string of the molecule is CC(C(=O)N(C)Cc1nc(-c2ccccc2Cl)no1)N(c1ccccc1)S(C)(=O)=O. The molecule has 0 saturated carbocycles. The van der Waals surface area contributed by atoms with Crippen LogP contribution in [-0.2, 0) is 21.4 Å². The van der Waals surface area contributed by atoms with E-state index in [2.05, 4.69) is 10.1 Å². The number of likely N-dealkylation sites (N-methyl/N-ethyl adjacent to an activating group) is 1.